The summed E-state index contributed by atoms with van der Waals surface area (Å²) in [6.45, 7) is 2.13. The van der Waals surface area contributed by atoms with E-state index in [4.69, 9.17) is 16.7 Å². The lowest BCUT2D eigenvalue weighted by Crippen LogP contribution is -1.98. The lowest BCUT2D eigenvalue weighted by atomic mass is 10.1. The summed E-state index contributed by atoms with van der Waals surface area (Å²) in [5.74, 6) is 1.01. The zero-order chi connectivity index (χ0) is 14.7. The van der Waals surface area contributed by atoms with Crippen LogP contribution in [0.15, 0.2) is 65.7 Å². The highest BCUT2D eigenvalue weighted by atomic mass is 35.5. The van der Waals surface area contributed by atoms with Crippen LogP contribution in [0.5, 0.6) is 0 Å². The Morgan fingerprint density at radius 3 is 2.43 bits per heavy atom. The Morgan fingerprint density at radius 2 is 1.76 bits per heavy atom. The fourth-order valence-electron chi connectivity index (χ4n) is 2.17. The summed E-state index contributed by atoms with van der Waals surface area (Å²) >= 11 is 7.73. The van der Waals surface area contributed by atoms with Crippen LogP contribution in [0.1, 0.15) is 6.92 Å². The molecule has 0 radical (unpaired) electrons. The van der Waals surface area contributed by atoms with Gasteiger partial charge >= 0.3 is 0 Å². The maximum absolute atomic E-state index is 5.98. The van der Waals surface area contributed by atoms with E-state index in [0.29, 0.717) is 0 Å². The number of hydrogen-bond acceptors (Lipinski definition) is 2. The van der Waals surface area contributed by atoms with Crippen molar-refractivity contribution in [3.8, 4) is 16.9 Å². The number of thioether (sulfide) groups is 1. The molecule has 0 fully saturated rings. The van der Waals surface area contributed by atoms with E-state index in [-0.39, 0.29) is 0 Å². The summed E-state index contributed by atoms with van der Waals surface area (Å²) in [5, 5.41) is 6.49. The van der Waals surface area contributed by atoms with E-state index in [2.05, 4.69) is 25.1 Å². The van der Waals surface area contributed by atoms with Crippen LogP contribution >= 0.6 is 23.4 Å². The first-order valence-corrected chi connectivity index (χ1v) is 8.18. The third-order valence-corrected chi connectivity index (χ3v) is 4.16. The minimum absolute atomic E-state index is 0.743. The van der Waals surface area contributed by atoms with Crippen molar-refractivity contribution in [1.29, 1.82) is 0 Å². The Balaban J connectivity index is 2.11. The smallest absolute Gasteiger partial charge is 0.119 e. The highest BCUT2D eigenvalue weighted by Crippen LogP contribution is 2.28. The molecule has 4 heteroatoms. The summed E-state index contributed by atoms with van der Waals surface area (Å²) in [7, 11) is 0. The van der Waals surface area contributed by atoms with E-state index in [1.54, 1.807) is 11.8 Å². The normalized spacial score (nSPS) is 10.8. The van der Waals surface area contributed by atoms with Crippen molar-refractivity contribution in [3.63, 3.8) is 0 Å². The molecule has 0 N–H and O–H groups in total. The van der Waals surface area contributed by atoms with Crippen LogP contribution < -0.4 is 0 Å². The predicted octanol–water partition coefficient (Wildman–Crippen LogP) is 5.30. The molecule has 1 heterocycles. The number of aromatic nitrogens is 2. The Morgan fingerprint density at radius 1 is 1.05 bits per heavy atom. The molecule has 0 unspecified atom stereocenters. The number of nitrogens with zero attached hydrogens (tertiary/aromatic N) is 2. The van der Waals surface area contributed by atoms with Crippen molar-refractivity contribution in [2.75, 3.05) is 5.75 Å². The van der Waals surface area contributed by atoms with E-state index >= 15 is 0 Å². The van der Waals surface area contributed by atoms with Crippen LogP contribution in [-0.4, -0.2) is 15.5 Å². The molecule has 1 aromatic heterocycles. The number of rotatable bonds is 4. The number of hydrogen-bond donors (Lipinski definition) is 0. The van der Waals surface area contributed by atoms with Crippen molar-refractivity contribution in [3.05, 3.63) is 65.7 Å². The summed E-state index contributed by atoms with van der Waals surface area (Å²) in [4.78, 5) is 0. The highest BCUT2D eigenvalue weighted by molar-refractivity contribution is 7.99. The average Bonchev–Trinajstić information content (AvgIpc) is 2.93. The lowest BCUT2D eigenvalue weighted by Gasteiger charge is -2.07. The zero-order valence-electron chi connectivity index (χ0n) is 11.7. The van der Waals surface area contributed by atoms with Gasteiger partial charge in [0.15, 0.2) is 0 Å². The molecule has 0 amide bonds. The monoisotopic (exact) mass is 314 g/mol. The third kappa shape index (κ3) is 3.14. The molecule has 0 spiro atoms. The van der Waals surface area contributed by atoms with Gasteiger partial charge in [-0.1, -0.05) is 48.9 Å². The van der Waals surface area contributed by atoms with E-state index < -0.39 is 0 Å². The van der Waals surface area contributed by atoms with Crippen molar-refractivity contribution >= 4 is 23.4 Å². The maximum Gasteiger partial charge on any atom is 0.119 e. The van der Waals surface area contributed by atoms with Gasteiger partial charge in [-0.15, -0.1) is 11.8 Å². The highest BCUT2D eigenvalue weighted by Gasteiger charge is 2.11. The molecule has 3 aromatic rings. The molecular formula is C17H15ClN2S. The van der Waals surface area contributed by atoms with E-state index in [1.165, 1.54) is 0 Å². The minimum Gasteiger partial charge on any atom is -0.232 e. The quantitative estimate of drug-likeness (QED) is 0.608. The molecule has 0 aliphatic rings. The minimum atomic E-state index is 0.743. The third-order valence-electron chi connectivity index (χ3n) is 3.12. The zero-order valence-corrected chi connectivity index (χ0v) is 13.2. The second-order valence-corrected chi connectivity index (χ2v) is 6.28. The first kappa shape index (κ1) is 14.2. The molecule has 0 atom stereocenters. The van der Waals surface area contributed by atoms with Gasteiger partial charge in [-0.3, -0.25) is 0 Å². The van der Waals surface area contributed by atoms with E-state index in [0.717, 1.165) is 32.7 Å². The van der Waals surface area contributed by atoms with Crippen molar-refractivity contribution in [1.82, 2.24) is 9.78 Å². The topological polar surface area (TPSA) is 17.8 Å². The largest absolute Gasteiger partial charge is 0.232 e. The van der Waals surface area contributed by atoms with Crippen LogP contribution in [0.3, 0.4) is 0 Å². The second-order valence-electron chi connectivity index (χ2n) is 4.56. The maximum atomic E-state index is 5.98. The summed E-state index contributed by atoms with van der Waals surface area (Å²) in [6, 6.07) is 20.2. The van der Waals surface area contributed by atoms with E-state index in [9.17, 15) is 0 Å². The molecule has 0 aliphatic carbocycles. The fraction of sp³-hybridized carbons (Fsp3) is 0.118. The standard InChI is InChI=1S/C17H15ClN2S/c1-2-21-17-12-16(13-8-10-14(18)11-9-13)20(19-17)15-6-4-3-5-7-15/h3-12H,2H2,1H3. The van der Waals surface area contributed by atoms with Gasteiger partial charge in [-0.2, -0.15) is 5.10 Å². The van der Waals surface area contributed by atoms with Crippen LogP contribution in [0.4, 0.5) is 0 Å². The van der Waals surface area contributed by atoms with Crippen LogP contribution in [0.2, 0.25) is 5.02 Å². The Kier molecular flexibility index (Phi) is 4.32. The lowest BCUT2D eigenvalue weighted by molar-refractivity contribution is 0.843. The van der Waals surface area contributed by atoms with Gasteiger partial charge in [0.25, 0.3) is 0 Å². The molecule has 0 saturated heterocycles. The SMILES string of the molecule is CCSc1cc(-c2ccc(Cl)cc2)n(-c2ccccc2)n1. The predicted molar refractivity (Wildman–Crippen MR) is 90.4 cm³/mol. The first-order valence-electron chi connectivity index (χ1n) is 6.82. The van der Waals surface area contributed by atoms with Crippen LogP contribution in [0, 0.1) is 0 Å². The Hall–Kier alpha value is -1.71. The number of halogens is 1. The molecular weight excluding hydrogens is 300 g/mol. The van der Waals surface area contributed by atoms with Gasteiger partial charge in [-0.05, 0) is 36.1 Å². The van der Waals surface area contributed by atoms with Gasteiger partial charge in [0.2, 0.25) is 0 Å². The van der Waals surface area contributed by atoms with Gasteiger partial charge in [0.1, 0.15) is 5.03 Å². The van der Waals surface area contributed by atoms with Gasteiger partial charge in [0, 0.05) is 10.6 Å². The molecule has 0 aliphatic heterocycles. The number of para-hydroxylation sites is 1. The number of benzene rings is 2. The van der Waals surface area contributed by atoms with Crippen molar-refractivity contribution in [2.45, 2.75) is 11.9 Å². The molecule has 0 saturated carbocycles. The molecule has 3 rings (SSSR count). The molecule has 21 heavy (non-hydrogen) atoms. The van der Waals surface area contributed by atoms with Gasteiger partial charge < -0.3 is 0 Å². The first-order chi connectivity index (χ1) is 10.3. The van der Waals surface area contributed by atoms with E-state index in [1.807, 2.05) is 47.1 Å². The van der Waals surface area contributed by atoms with Gasteiger partial charge in [0.05, 0.1) is 11.4 Å². The van der Waals surface area contributed by atoms with Crippen molar-refractivity contribution in [2.24, 2.45) is 0 Å². The molecule has 0 bridgehead atoms. The molecule has 2 nitrogen and oxygen atoms in total. The summed E-state index contributed by atoms with van der Waals surface area (Å²) in [6.07, 6.45) is 0. The van der Waals surface area contributed by atoms with Gasteiger partial charge in [-0.25, -0.2) is 4.68 Å². The Bertz CT molecular complexity index is 720. The summed E-state index contributed by atoms with van der Waals surface area (Å²) in [5.41, 5.74) is 3.25. The fourth-order valence-corrected chi connectivity index (χ4v) is 2.93. The summed E-state index contributed by atoms with van der Waals surface area (Å²) < 4.78 is 1.99. The van der Waals surface area contributed by atoms with Crippen LogP contribution in [-0.2, 0) is 0 Å². The Labute approximate surface area is 133 Å². The van der Waals surface area contributed by atoms with Crippen LogP contribution in [0.25, 0.3) is 16.9 Å². The molecule has 2 aromatic carbocycles. The van der Waals surface area contributed by atoms with Crippen molar-refractivity contribution < 1.29 is 0 Å². The average molecular weight is 315 g/mol. The second kappa shape index (κ2) is 6.37. The molecule has 106 valence electrons.